The van der Waals surface area contributed by atoms with Crippen LogP contribution in [0.3, 0.4) is 0 Å². The van der Waals surface area contributed by atoms with Crippen LogP contribution in [0.25, 0.3) is 0 Å². The highest BCUT2D eigenvalue weighted by atomic mass is 14.7. The van der Waals surface area contributed by atoms with Gasteiger partial charge in [0.05, 0.1) is 0 Å². The van der Waals surface area contributed by atoms with Crippen LogP contribution in [0.1, 0.15) is 39.5 Å². The lowest BCUT2D eigenvalue weighted by Crippen LogP contribution is -1.84. The highest BCUT2D eigenvalue weighted by molar-refractivity contribution is 6.15. The van der Waals surface area contributed by atoms with Crippen molar-refractivity contribution in [1.29, 1.82) is 0 Å². The molecule has 0 unspecified atom stereocenters. The zero-order valence-corrected chi connectivity index (χ0v) is 8.29. The summed E-state index contributed by atoms with van der Waals surface area (Å²) in [5.41, 5.74) is 0. The summed E-state index contributed by atoms with van der Waals surface area (Å²) in [6.07, 6.45) is 8.41. The molecule has 0 aromatic rings. The Morgan fingerprint density at radius 3 is 1.58 bits per heavy atom. The monoisotopic (exact) mass is 168 g/mol. The van der Waals surface area contributed by atoms with Crippen LogP contribution in [-0.2, 0) is 0 Å². The van der Waals surface area contributed by atoms with E-state index in [4.69, 9.17) is 0 Å². The summed E-state index contributed by atoms with van der Waals surface area (Å²) in [7, 11) is 0. The van der Waals surface area contributed by atoms with E-state index < -0.39 is 0 Å². The first-order chi connectivity index (χ1) is 5.91. The lowest BCUT2D eigenvalue weighted by molar-refractivity contribution is 0.808. The summed E-state index contributed by atoms with van der Waals surface area (Å²) >= 11 is 0. The second-order valence-electron chi connectivity index (χ2n) is 2.82. The summed E-state index contributed by atoms with van der Waals surface area (Å²) in [6.45, 7) is 6.22. The molecular weight excluding hydrogens is 148 g/mol. The molecule has 0 rings (SSSR count). The van der Waals surface area contributed by atoms with Crippen LogP contribution in [0.4, 0.5) is 0 Å². The Balaban J connectivity index is 3.15. The van der Waals surface area contributed by atoms with Gasteiger partial charge in [-0.25, -0.2) is 0 Å². The van der Waals surface area contributed by atoms with Crippen molar-refractivity contribution in [3.63, 3.8) is 0 Å². The Hall–Kier alpha value is -0.660. The molecule has 2 nitrogen and oxygen atoms in total. The molecule has 0 radical (unpaired) electrons. The van der Waals surface area contributed by atoms with Crippen LogP contribution < -0.4 is 0 Å². The van der Waals surface area contributed by atoms with Crippen molar-refractivity contribution in [2.45, 2.75) is 39.5 Å². The Kier molecular flexibility index (Phi) is 9.77. The van der Waals surface area contributed by atoms with Gasteiger partial charge in [0.15, 0.2) is 0 Å². The number of aliphatic imine (C=N–C) groups is 2. The largest absolute Gasteiger partial charge is 0.292 e. The van der Waals surface area contributed by atoms with Crippen molar-refractivity contribution in [1.82, 2.24) is 0 Å². The third-order valence-electron chi connectivity index (χ3n) is 1.56. The molecule has 0 bridgehead atoms. The molecule has 0 amide bonds. The topological polar surface area (TPSA) is 24.7 Å². The normalized spacial score (nSPS) is 11.8. The SMILES string of the molecule is CCCC/N=C\C=N\CCCC. The van der Waals surface area contributed by atoms with E-state index in [1.54, 1.807) is 0 Å². The van der Waals surface area contributed by atoms with Crippen molar-refractivity contribution in [3.8, 4) is 0 Å². The lowest BCUT2D eigenvalue weighted by Gasteiger charge is -1.87. The molecule has 0 N–H and O–H groups in total. The average molecular weight is 168 g/mol. The molecule has 0 aliphatic carbocycles. The Morgan fingerprint density at radius 2 is 1.25 bits per heavy atom. The molecule has 70 valence electrons. The maximum atomic E-state index is 4.18. The summed E-state index contributed by atoms with van der Waals surface area (Å²) in [6, 6.07) is 0. The predicted molar refractivity (Wildman–Crippen MR) is 56.5 cm³/mol. The number of hydrogen-bond donors (Lipinski definition) is 0. The predicted octanol–water partition coefficient (Wildman–Crippen LogP) is 2.73. The van der Waals surface area contributed by atoms with Gasteiger partial charge < -0.3 is 0 Å². The van der Waals surface area contributed by atoms with E-state index >= 15 is 0 Å². The summed E-state index contributed by atoms with van der Waals surface area (Å²) in [4.78, 5) is 8.37. The van der Waals surface area contributed by atoms with Gasteiger partial charge in [-0.3, -0.25) is 9.98 Å². The molecule has 2 heteroatoms. The van der Waals surface area contributed by atoms with E-state index in [0.29, 0.717) is 0 Å². The van der Waals surface area contributed by atoms with Crippen molar-refractivity contribution < 1.29 is 0 Å². The van der Waals surface area contributed by atoms with Gasteiger partial charge in [0.2, 0.25) is 0 Å². The van der Waals surface area contributed by atoms with Crippen molar-refractivity contribution in [2.24, 2.45) is 9.98 Å². The van der Waals surface area contributed by atoms with Crippen LogP contribution >= 0.6 is 0 Å². The maximum Gasteiger partial charge on any atom is 0.0390 e. The smallest absolute Gasteiger partial charge is 0.0390 e. The number of hydrogen-bond acceptors (Lipinski definition) is 2. The first-order valence-corrected chi connectivity index (χ1v) is 4.90. The molecule has 0 saturated carbocycles. The van der Waals surface area contributed by atoms with E-state index in [1.807, 2.05) is 12.4 Å². The van der Waals surface area contributed by atoms with Crippen LogP contribution in [0.5, 0.6) is 0 Å². The second kappa shape index (κ2) is 10.3. The van der Waals surface area contributed by atoms with E-state index in [0.717, 1.165) is 13.1 Å². The summed E-state index contributed by atoms with van der Waals surface area (Å²) in [5.74, 6) is 0. The standard InChI is InChI=1S/C10H20N2/c1-3-5-7-11-9-10-12-8-6-4-2/h9-10H,3-8H2,1-2H3/b11-9-,12-10+. The number of unbranched alkanes of at least 4 members (excludes halogenated alkanes) is 2. The molecular formula is C10H20N2. The number of rotatable bonds is 7. The third-order valence-corrected chi connectivity index (χ3v) is 1.56. The summed E-state index contributed by atoms with van der Waals surface area (Å²) in [5, 5.41) is 0. The van der Waals surface area contributed by atoms with Crippen molar-refractivity contribution in [2.75, 3.05) is 13.1 Å². The minimum Gasteiger partial charge on any atom is -0.292 e. The first-order valence-electron chi connectivity index (χ1n) is 4.90. The van der Waals surface area contributed by atoms with Gasteiger partial charge in [0, 0.05) is 25.5 Å². The molecule has 0 aliphatic rings. The molecule has 0 aromatic heterocycles. The second-order valence-corrected chi connectivity index (χ2v) is 2.82. The van der Waals surface area contributed by atoms with E-state index in [9.17, 15) is 0 Å². The van der Waals surface area contributed by atoms with E-state index in [-0.39, 0.29) is 0 Å². The zero-order chi connectivity index (χ0) is 9.07. The summed E-state index contributed by atoms with van der Waals surface area (Å²) < 4.78 is 0. The highest BCUT2D eigenvalue weighted by Crippen LogP contribution is 1.86. The highest BCUT2D eigenvalue weighted by Gasteiger charge is 1.77. The molecule has 0 atom stereocenters. The van der Waals surface area contributed by atoms with E-state index in [2.05, 4.69) is 23.8 Å². The molecule has 0 heterocycles. The molecule has 0 aromatic carbocycles. The van der Waals surface area contributed by atoms with Gasteiger partial charge >= 0.3 is 0 Å². The van der Waals surface area contributed by atoms with Gasteiger partial charge in [-0.2, -0.15) is 0 Å². The first kappa shape index (κ1) is 11.3. The van der Waals surface area contributed by atoms with E-state index in [1.165, 1.54) is 25.7 Å². The molecule has 0 spiro atoms. The van der Waals surface area contributed by atoms with Crippen LogP contribution in [0.15, 0.2) is 9.98 Å². The van der Waals surface area contributed by atoms with Gasteiger partial charge in [-0.05, 0) is 12.8 Å². The fourth-order valence-electron chi connectivity index (χ4n) is 0.742. The molecule has 12 heavy (non-hydrogen) atoms. The molecule has 0 fully saturated rings. The Morgan fingerprint density at radius 1 is 0.833 bits per heavy atom. The quantitative estimate of drug-likeness (QED) is 0.412. The van der Waals surface area contributed by atoms with Crippen LogP contribution in [0.2, 0.25) is 0 Å². The number of nitrogens with zero attached hydrogens (tertiary/aromatic N) is 2. The fourth-order valence-corrected chi connectivity index (χ4v) is 0.742. The van der Waals surface area contributed by atoms with Crippen LogP contribution in [-0.4, -0.2) is 25.5 Å². The van der Waals surface area contributed by atoms with Crippen molar-refractivity contribution in [3.05, 3.63) is 0 Å². The van der Waals surface area contributed by atoms with Gasteiger partial charge in [0.1, 0.15) is 0 Å². The van der Waals surface area contributed by atoms with Gasteiger partial charge in [-0.1, -0.05) is 26.7 Å². The van der Waals surface area contributed by atoms with Gasteiger partial charge in [-0.15, -0.1) is 0 Å². The Labute approximate surface area is 75.8 Å². The minimum atomic E-state index is 0.941. The van der Waals surface area contributed by atoms with Crippen molar-refractivity contribution >= 4 is 12.4 Å². The Bertz CT molecular complexity index is 112. The maximum absolute atomic E-state index is 4.18. The average Bonchev–Trinajstić information content (AvgIpc) is 2.10. The van der Waals surface area contributed by atoms with Crippen LogP contribution in [0, 0.1) is 0 Å². The van der Waals surface area contributed by atoms with Gasteiger partial charge in [0.25, 0.3) is 0 Å². The fraction of sp³-hybridized carbons (Fsp3) is 0.800. The molecule has 0 saturated heterocycles. The zero-order valence-electron chi connectivity index (χ0n) is 8.29. The lowest BCUT2D eigenvalue weighted by atomic mass is 10.3. The third kappa shape index (κ3) is 9.34. The molecule has 0 aliphatic heterocycles. The minimum absolute atomic E-state index is 0.941.